The monoisotopic (exact) mass is 558 g/mol. The van der Waals surface area contributed by atoms with Crippen LogP contribution in [0.5, 0.6) is 0 Å². The number of nitrogens with zero attached hydrogens (tertiary/aromatic N) is 3. The quantitative estimate of drug-likeness (QED) is 0.407. The van der Waals surface area contributed by atoms with Crippen LogP contribution in [0.15, 0.2) is 29.2 Å². The van der Waals surface area contributed by atoms with Crippen molar-refractivity contribution in [3.05, 3.63) is 24.3 Å². The summed E-state index contributed by atoms with van der Waals surface area (Å²) in [6.45, 7) is 6.34. The molecule has 4 aliphatic rings. The van der Waals surface area contributed by atoms with E-state index in [0.29, 0.717) is 31.0 Å². The van der Waals surface area contributed by atoms with Gasteiger partial charge in [-0.1, -0.05) is 0 Å². The summed E-state index contributed by atoms with van der Waals surface area (Å²) in [6, 6.07) is 8.86. The zero-order valence-corrected chi connectivity index (χ0v) is 23.5. The van der Waals surface area contributed by atoms with Gasteiger partial charge in [0, 0.05) is 37.4 Å². The summed E-state index contributed by atoms with van der Waals surface area (Å²) in [4.78, 5) is 25.5. The number of carbonyl (C=O) groups excluding carboxylic acids is 2. The molecule has 5 atom stereocenters. The van der Waals surface area contributed by atoms with Crippen LogP contribution < -0.4 is 16.1 Å². The Hall–Kier alpha value is -2.72. The van der Waals surface area contributed by atoms with Crippen molar-refractivity contribution in [2.45, 2.75) is 81.6 Å². The molecule has 3 aliphatic heterocycles. The first-order chi connectivity index (χ1) is 18.5. The maximum absolute atomic E-state index is 13.3. The summed E-state index contributed by atoms with van der Waals surface area (Å²) in [5.41, 5.74) is 3.54. The van der Waals surface area contributed by atoms with Crippen molar-refractivity contribution in [1.82, 2.24) is 20.1 Å². The first-order valence-corrected chi connectivity index (χ1v) is 15.2. The maximum Gasteiger partial charge on any atom is 0.310 e. The maximum atomic E-state index is 13.3. The number of nitrogens with one attached hydrogen (secondary N) is 3. The predicted molar refractivity (Wildman–Crippen MR) is 143 cm³/mol. The van der Waals surface area contributed by atoms with E-state index in [9.17, 15) is 23.3 Å². The molecule has 0 aromatic heterocycles. The third-order valence-electron chi connectivity index (χ3n) is 7.99. The molecule has 4 fully saturated rings. The zero-order valence-electron chi connectivity index (χ0n) is 22.7. The minimum Gasteiger partial charge on any atom is -0.460 e. The molecule has 1 aliphatic carbocycles. The highest BCUT2D eigenvalue weighted by atomic mass is 32.2. The SMILES string of the molecule is CC(C)(C)OC(=O)C1CCN(S(=O)(=O)c2ccc(NC3NN([C@@H](CC#N)C4CC4)C4CCNC(=O)C34)cc2)C1. The number of hydrogen-bond acceptors (Lipinski definition) is 9. The minimum absolute atomic E-state index is 0.0112. The molecule has 0 radical (unpaired) electrons. The van der Waals surface area contributed by atoms with Crippen molar-refractivity contribution in [2.24, 2.45) is 17.8 Å². The Morgan fingerprint density at radius 1 is 1.21 bits per heavy atom. The van der Waals surface area contributed by atoms with Crippen LogP contribution in [0.1, 0.15) is 52.9 Å². The van der Waals surface area contributed by atoms with Crippen LogP contribution in [0.25, 0.3) is 0 Å². The number of fused-ring (bicyclic) bond motifs is 1. The van der Waals surface area contributed by atoms with E-state index in [2.05, 4.69) is 27.1 Å². The van der Waals surface area contributed by atoms with E-state index in [1.54, 1.807) is 45.0 Å². The number of sulfonamides is 1. The van der Waals surface area contributed by atoms with E-state index >= 15 is 0 Å². The summed E-state index contributed by atoms with van der Waals surface area (Å²) in [6.07, 6.45) is 3.44. The normalized spacial score (nSPS) is 28.8. The van der Waals surface area contributed by atoms with Gasteiger partial charge in [-0.2, -0.15) is 9.57 Å². The zero-order chi connectivity index (χ0) is 27.9. The number of anilines is 1. The molecule has 1 saturated carbocycles. The van der Waals surface area contributed by atoms with E-state index in [1.807, 2.05) is 0 Å². The fraction of sp³-hybridized carbons (Fsp3) is 0.667. The number of benzene rings is 1. The molecule has 0 bridgehead atoms. The largest absolute Gasteiger partial charge is 0.460 e. The van der Waals surface area contributed by atoms with Crippen LogP contribution in [-0.4, -0.2) is 73.1 Å². The molecular weight excluding hydrogens is 520 g/mol. The van der Waals surface area contributed by atoms with Gasteiger partial charge in [0.1, 0.15) is 11.8 Å². The fourth-order valence-electron chi connectivity index (χ4n) is 5.94. The van der Waals surface area contributed by atoms with Gasteiger partial charge < -0.3 is 15.4 Å². The average Bonchev–Trinajstić information content (AvgIpc) is 3.45. The van der Waals surface area contributed by atoms with Crippen molar-refractivity contribution in [1.29, 1.82) is 5.26 Å². The third-order valence-corrected chi connectivity index (χ3v) is 9.87. The molecule has 1 aromatic rings. The van der Waals surface area contributed by atoms with E-state index in [-0.39, 0.29) is 54.0 Å². The lowest BCUT2D eigenvalue weighted by atomic mass is 9.90. The standard InChI is InChI=1S/C27H38N6O5S/c1-27(2,3)38-26(35)18-12-15-32(16-18)39(36,37)20-8-6-19(7-9-20)30-24-23-22(11-14-29-25(23)34)33(31-24)21(10-13-28)17-4-5-17/h6-9,17-18,21-24,30-31H,4-5,10-12,14-16H2,1-3H3,(H,29,34)/t18?,21-,22?,23?,24?/m0/s1. The van der Waals surface area contributed by atoms with E-state index in [4.69, 9.17) is 4.74 Å². The number of ether oxygens (including phenoxy) is 1. The lowest BCUT2D eigenvalue weighted by molar-refractivity contribution is -0.159. The van der Waals surface area contributed by atoms with Gasteiger partial charge in [0.05, 0.1) is 29.2 Å². The van der Waals surface area contributed by atoms with E-state index in [1.165, 1.54) is 4.31 Å². The second kappa shape index (κ2) is 10.7. The van der Waals surface area contributed by atoms with Crippen molar-refractivity contribution in [2.75, 3.05) is 25.0 Å². The number of hydrazine groups is 1. The molecule has 1 aromatic carbocycles. The van der Waals surface area contributed by atoms with Gasteiger partial charge in [-0.3, -0.25) is 9.59 Å². The second-order valence-corrected chi connectivity index (χ2v) is 13.9. The smallest absolute Gasteiger partial charge is 0.310 e. The van der Waals surface area contributed by atoms with Gasteiger partial charge in [0.25, 0.3) is 0 Å². The van der Waals surface area contributed by atoms with Crippen LogP contribution in [-0.2, 0) is 24.3 Å². The molecule has 3 saturated heterocycles. The summed E-state index contributed by atoms with van der Waals surface area (Å²) in [7, 11) is -3.77. The average molecular weight is 559 g/mol. The Balaban J connectivity index is 1.26. The van der Waals surface area contributed by atoms with Crippen LogP contribution in [0.2, 0.25) is 0 Å². The van der Waals surface area contributed by atoms with Crippen LogP contribution in [0.4, 0.5) is 5.69 Å². The van der Waals surface area contributed by atoms with Crippen molar-refractivity contribution >= 4 is 27.6 Å². The Bertz CT molecular complexity index is 1240. The first-order valence-electron chi connectivity index (χ1n) is 13.8. The molecule has 1 amide bonds. The predicted octanol–water partition coefficient (Wildman–Crippen LogP) is 1.79. The van der Waals surface area contributed by atoms with Crippen LogP contribution in [0, 0.1) is 29.1 Å². The molecule has 12 heteroatoms. The molecule has 5 rings (SSSR count). The summed E-state index contributed by atoms with van der Waals surface area (Å²) < 4.78 is 33.3. The van der Waals surface area contributed by atoms with Gasteiger partial charge in [-0.15, -0.1) is 0 Å². The number of hydrogen-bond donors (Lipinski definition) is 3. The number of amides is 1. The van der Waals surface area contributed by atoms with Gasteiger partial charge in [-0.25, -0.2) is 18.9 Å². The molecule has 3 heterocycles. The van der Waals surface area contributed by atoms with Gasteiger partial charge in [0.15, 0.2) is 0 Å². The number of nitriles is 1. The molecule has 11 nitrogen and oxygen atoms in total. The Kier molecular flexibility index (Phi) is 7.63. The molecular formula is C27H38N6O5S. The van der Waals surface area contributed by atoms with Gasteiger partial charge in [-0.05, 0) is 76.6 Å². The van der Waals surface area contributed by atoms with Crippen LogP contribution in [0.3, 0.4) is 0 Å². The van der Waals surface area contributed by atoms with E-state index in [0.717, 1.165) is 19.3 Å². The lowest BCUT2D eigenvalue weighted by Crippen LogP contribution is -2.52. The molecule has 0 spiro atoms. The Labute approximate surface area is 230 Å². The lowest BCUT2D eigenvalue weighted by Gasteiger charge is -2.34. The summed E-state index contributed by atoms with van der Waals surface area (Å²) in [5.74, 6) is -0.755. The van der Waals surface area contributed by atoms with Gasteiger partial charge >= 0.3 is 5.97 Å². The molecule has 212 valence electrons. The van der Waals surface area contributed by atoms with E-state index < -0.39 is 21.5 Å². The van der Waals surface area contributed by atoms with Crippen molar-refractivity contribution in [3.8, 4) is 6.07 Å². The number of carbonyl (C=O) groups is 2. The number of rotatable bonds is 8. The molecule has 39 heavy (non-hydrogen) atoms. The van der Waals surface area contributed by atoms with Gasteiger partial charge in [0.2, 0.25) is 15.9 Å². The third kappa shape index (κ3) is 5.91. The highest BCUT2D eigenvalue weighted by molar-refractivity contribution is 7.89. The molecule has 3 N–H and O–H groups in total. The fourth-order valence-corrected chi connectivity index (χ4v) is 7.44. The number of piperidine rings is 1. The van der Waals surface area contributed by atoms with Crippen molar-refractivity contribution < 1.29 is 22.7 Å². The Morgan fingerprint density at radius 2 is 1.92 bits per heavy atom. The Morgan fingerprint density at radius 3 is 2.56 bits per heavy atom. The highest BCUT2D eigenvalue weighted by Gasteiger charge is 2.52. The second-order valence-electron chi connectivity index (χ2n) is 12.0. The van der Waals surface area contributed by atoms with Crippen LogP contribution >= 0.6 is 0 Å². The minimum atomic E-state index is -3.77. The highest BCUT2D eigenvalue weighted by Crippen LogP contribution is 2.41. The number of esters is 1. The summed E-state index contributed by atoms with van der Waals surface area (Å²) >= 11 is 0. The van der Waals surface area contributed by atoms with Crippen molar-refractivity contribution in [3.63, 3.8) is 0 Å². The topological polar surface area (TPSA) is 144 Å². The summed E-state index contributed by atoms with van der Waals surface area (Å²) in [5, 5.41) is 17.9. The molecule has 4 unspecified atom stereocenters. The first kappa shape index (κ1) is 27.8.